The number of hydrogen-bond donors (Lipinski definition) is 1. The summed E-state index contributed by atoms with van der Waals surface area (Å²) in [6.07, 6.45) is 6.38. The average Bonchev–Trinajstić information content (AvgIpc) is 2.96. The molecule has 1 N–H and O–H groups in total. The highest BCUT2D eigenvalue weighted by Crippen LogP contribution is 2.42. The van der Waals surface area contributed by atoms with Crippen LogP contribution in [0.4, 0.5) is 5.69 Å². The first kappa shape index (κ1) is 27.5. The molecule has 0 aromatic heterocycles. The van der Waals surface area contributed by atoms with Crippen molar-refractivity contribution in [1.82, 2.24) is 10.2 Å². The van der Waals surface area contributed by atoms with Crippen molar-refractivity contribution >= 4 is 46.9 Å². The smallest absolute Gasteiger partial charge is 0.264 e. The van der Waals surface area contributed by atoms with Gasteiger partial charge in [0.25, 0.3) is 11.8 Å². The molecule has 5 nitrogen and oxygen atoms in total. The number of carbonyl (C=O) groups is 2. The lowest BCUT2D eigenvalue weighted by molar-refractivity contribution is -0.114. The first-order chi connectivity index (χ1) is 19.0. The standard InChI is InChI=1S/C32H34ClN3O2S/c1-35-28-21-26(12-13-29(28)39-30(32(35)38)22-25-10-5-6-11-27(25)33)31(37)34-16-7-17-36-18-14-24(15-19-36)20-23-8-3-2-4-9-23/h2-6,8-13,21-22,24H,7,14-20H2,1H3,(H,34,37)/b30-22-. The van der Waals surface area contributed by atoms with Gasteiger partial charge in [-0.05, 0) is 92.7 Å². The molecule has 0 saturated carbocycles. The summed E-state index contributed by atoms with van der Waals surface area (Å²) in [6.45, 7) is 3.88. The number of benzene rings is 3. The lowest BCUT2D eigenvalue weighted by atomic mass is 9.90. The number of nitrogens with one attached hydrogen (secondary N) is 1. The van der Waals surface area contributed by atoms with Crippen LogP contribution in [0.2, 0.25) is 5.02 Å². The van der Waals surface area contributed by atoms with Crippen molar-refractivity contribution in [2.45, 2.75) is 30.6 Å². The van der Waals surface area contributed by atoms with E-state index in [1.165, 1.54) is 36.6 Å². The quantitative estimate of drug-likeness (QED) is 0.252. The first-order valence-corrected chi connectivity index (χ1v) is 14.8. The van der Waals surface area contributed by atoms with Crippen LogP contribution in [-0.2, 0) is 11.2 Å². The fraction of sp³-hybridized carbons (Fsp3) is 0.312. The van der Waals surface area contributed by atoms with Crippen molar-refractivity contribution < 1.29 is 9.59 Å². The van der Waals surface area contributed by atoms with Crippen LogP contribution < -0.4 is 10.2 Å². The number of halogens is 1. The van der Waals surface area contributed by atoms with Gasteiger partial charge < -0.3 is 15.1 Å². The minimum Gasteiger partial charge on any atom is -0.352 e. The molecule has 1 fully saturated rings. The average molecular weight is 560 g/mol. The molecule has 202 valence electrons. The molecule has 0 spiro atoms. The van der Waals surface area contributed by atoms with Gasteiger partial charge in [0.2, 0.25) is 0 Å². The van der Waals surface area contributed by atoms with Gasteiger partial charge in [0.05, 0.1) is 10.6 Å². The van der Waals surface area contributed by atoms with E-state index in [0.717, 1.165) is 48.1 Å². The number of thioether (sulfide) groups is 1. The van der Waals surface area contributed by atoms with Crippen molar-refractivity contribution in [3.8, 4) is 0 Å². The maximum atomic E-state index is 13.0. The molecule has 2 amide bonds. The van der Waals surface area contributed by atoms with E-state index < -0.39 is 0 Å². The summed E-state index contributed by atoms with van der Waals surface area (Å²) < 4.78 is 0. The Morgan fingerprint density at radius 1 is 1.05 bits per heavy atom. The zero-order valence-electron chi connectivity index (χ0n) is 22.2. The van der Waals surface area contributed by atoms with Crippen LogP contribution >= 0.6 is 23.4 Å². The summed E-state index contributed by atoms with van der Waals surface area (Å²) in [4.78, 5) is 31.6. The number of anilines is 1. The molecule has 2 aliphatic rings. The van der Waals surface area contributed by atoms with E-state index in [-0.39, 0.29) is 11.8 Å². The second kappa shape index (κ2) is 12.9. The number of fused-ring (bicyclic) bond motifs is 1. The number of carbonyl (C=O) groups excluding carboxylic acids is 2. The normalized spacial score (nSPS) is 17.3. The molecule has 0 bridgehead atoms. The van der Waals surface area contributed by atoms with Crippen molar-refractivity contribution in [3.63, 3.8) is 0 Å². The zero-order valence-corrected chi connectivity index (χ0v) is 23.8. The van der Waals surface area contributed by atoms with Crippen LogP contribution in [0.25, 0.3) is 6.08 Å². The lowest BCUT2D eigenvalue weighted by Crippen LogP contribution is -2.36. The van der Waals surface area contributed by atoms with Gasteiger partial charge in [-0.1, -0.05) is 71.9 Å². The van der Waals surface area contributed by atoms with Crippen LogP contribution in [0.15, 0.2) is 82.6 Å². The number of nitrogens with zero attached hydrogens (tertiary/aromatic N) is 2. The van der Waals surface area contributed by atoms with Crippen molar-refractivity contribution in [1.29, 1.82) is 0 Å². The molecular weight excluding hydrogens is 526 g/mol. The predicted octanol–water partition coefficient (Wildman–Crippen LogP) is 6.52. The molecule has 2 aliphatic heterocycles. The molecule has 5 rings (SSSR count). The van der Waals surface area contributed by atoms with E-state index in [0.29, 0.717) is 22.0 Å². The van der Waals surface area contributed by atoms with E-state index in [2.05, 4.69) is 40.5 Å². The molecule has 3 aromatic rings. The van der Waals surface area contributed by atoms with Gasteiger partial charge in [-0.25, -0.2) is 0 Å². The minimum absolute atomic E-state index is 0.109. The second-order valence-corrected chi connectivity index (χ2v) is 11.8. The first-order valence-electron chi connectivity index (χ1n) is 13.6. The summed E-state index contributed by atoms with van der Waals surface area (Å²) in [5.74, 6) is 0.540. The van der Waals surface area contributed by atoms with Gasteiger partial charge >= 0.3 is 0 Å². The van der Waals surface area contributed by atoms with Crippen LogP contribution in [0.1, 0.15) is 40.7 Å². The maximum absolute atomic E-state index is 13.0. The summed E-state index contributed by atoms with van der Waals surface area (Å²) in [7, 11) is 1.74. The molecular formula is C32H34ClN3O2S. The zero-order chi connectivity index (χ0) is 27.2. The monoisotopic (exact) mass is 559 g/mol. The summed E-state index contributed by atoms with van der Waals surface area (Å²) >= 11 is 7.69. The van der Waals surface area contributed by atoms with Crippen molar-refractivity contribution in [2.24, 2.45) is 5.92 Å². The van der Waals surface area contributed by atoms with Gasteiger partial charge in [0, 0.05) is 29.1 Å². The number of hydrogen-bond acceptors (Lipinski definition) is 4. The van der Waals surface area contributed by atoms with Crippen LogP contribution in [0, 0.1) is 5.92 Å². The Bertz CT molecular complexity index is 1350. The van der Waals surface area contributed by atoms with Crippen molar-refractivity contribution in [2.75, 3.05) is 38.1 Å². The van der Waals surface area contributed by atoms with Crippen LogP contribution in [-0.4, -0.2) is 49.9 Å². The third-order valence-corrected chi connectivity index (χ3v) is 8.94. The Balaban J connectivity index is 1.10. The molecule has 39 heavy (non-hydrogen) atoms. The number of amides is 2. The Labute approximate surface area is 240 Å². The van der Waals surface area contributed by atoms with E-state index >= 15 is 0 Å². The Kier molecular flexibility index (Phi) is 9.07. The van der Waals surface area contributed by atoms with E-state index in [1.807, 2.05) is 42.5 Å². The highest BCUT2D eigenvalue weighted by molar-refractivity contribution is 8.04. The van der Waals surface area contributed by atoms with Crippen molar-refractivity contribution in [3.05, 3.63) is 99.4 Å². The molecule has 0 radical (unpaired) electrons. The molecule has 2 heterocycles. The summed E-state index contributed by atoms with van der Waals surface area (Å²) in [5.41, 5.74) is 3.55. The highest BCUT2D eigenvalue weighted by atomic mass is 35.5. The number of rotatable bonds is 8. The number of likely N-dealkylation sites (N-methyl/N-ethyl adjacent to an activating group) is 1. The van der Waals surface area contributed by atoms with Gasteiger partial charge in [0.1, 0.15) is 0 Å². The van der Waals surface area contributed by atoms with Gasteiger partial charge in [0.15, 0.2) is 0 Å². The van der Waals surface area contributed by atoms with Gasteiger partial charge in [-0.15, -0.1) is 0 Å². The van der Waals surface area contributed by atoms with Gasteiger partial charge in [-0.3, -0.25) is 9.59 Å². The van der Waals surface area contributed by atoms with Crippen LogP contribution in [0.3, 0.4) is 0 Å². The fourth-order valence-electron chi connectivity index (χ4n) is 5.24. The topological polar surface area (TPSA) is 52.7 Å². The Hall–Kier alpha value is -3.06. The molecule has 0 atom stereocenters. The molecule has 3 aromatic carbocycles. The van der Waals surface area contributed by atoms with Crippen LogP contribution in [0.5, 0.6) is 0 Å². The molecule has 1 saturated heterocycles. The lowest BCUT2D eigenvalue weighted by Gasteiger charge is -2.32. The largest absolute Gasteiger partial charge is 0.352 e. The third-order valence-electron chi connectivity index (χ3n) is 7.52. The SMILES string of the molecule is CN1C(=O)/C(=C/c2ccccc2Cl)Sc2ccc(C(=O)NCCCN3CCC(Cc4ccccc4)CC3)cc21. The van der Waals surface area contributed by atoms with E-state index in [9.17, 15) is 9.59 Å². The summed E-state index contributed by atoms with van der Waals surface area (Å²) in [5, 5.41) is 3.66. The minimum atomic E-state index is -0.113. The van der Waals surface area contributed by atoms with E-state index in [4.69, 9.17) is 11.6 Å². The Morgan fingerprint density at radius 3 is 2.56 bits per heavy atom. The van der Waals surface area contributed by atoms with E-state index in [1.54, 1.807) is 18.0 Å². The number of likely N-dealkylation sites (tertiary alicyclic amines) is 1. The second-order valence-electron chi connectivity index (χ2n) is 10.3. The molecule has 7 heteroatoms. The molecule has 0 aliphatic carbocycles. The Morgan fingerprint density at radius 2 is 1.79 bits per heavy atom. The third kappa shape index (κ3) is 6.93. The summed E-state index contributed by atoms with van der Waals surface area (Å²) in [6, 6.07) is 23.8. The highest BCUT2D eigenvalue weighted by Gasteiger charge is 2.27. The molecule has 0 unspecified atom stereocenters. The predicted molar refractivity (Wildman–Crippen MR) is 161 cm³/mol. The van der Waals surface area contributed by atoms with Gasteiger partial charge in [-0.2, -0.15) is 0 Å². The fourth-order valence-corrected chi connectivity index (χ4v) is 6.51. The maximum Gasteiger partial charge on any atom is 0.264 e. The number of piperidine rings is 1.